The molecule has 16 heavy (non-hydrogen) atoms. The van der Waals surface area contributed by atoms with Gasteiger partial charge in [0, 0.05) is 17.6 Å². The van der Waals surface area contributed by atoms with Gasteiger partial charge >= 0.3 is 0 Å². The summed E-state index contributed by atoms with van der Waals surface area (Å²) in [6.45, 7) is 6.36. The predicted molar refractivity (Wildman–Crippen MR) is 61.9 cm³/mol. The van der Waals surface area contributed by atoms with Crippen LogP contribution in [0.5, 0.6) is 0 Å². The number of halogens is 1. The molecular weight excluding hydrogens is 205 g/mol. The Kier molecular flexibility index (Phi) is 2.49. The zero-order valence-electron chi connectivity index (χ0n) is 9.88. The van der Waals surface area contributed by atoms with Gasteiger partial charge in [0.1, 0.15) is 5.82 Å². The third kappa shape index (κ3) is 1.82. The minimum atomic E-state index is -0.393. The Morgan fingerprint density at radius 1 is 1.38 bits per heavy atom. The Morgan fingerprint density at radius 3 is 2.69 bits per heavy atom. The molecule has 0 saturated carbocycles. The van der Waals surface area contributed by atoms with Crippen molar-refractivity contribution in [2.45, 2.75) is 27.2 Å². The van der Waals surface area contributed by atoms with Crippen LogP contribution in [-0.4, -0.2) is 12.5 Å². The SMILES string of the molecule is CC(C)(C)C(=O)N1CCc2cc(F)ccc21. The van der Waals surface area contributed by atoms with E-state index in [2.05, 4.69) is 0 Å². The van der Waals surface area contributed by atoms with E-state index in [9.17, 15) is 9.18 Å². The number of amides is 1. The highest BCUT2D eigenvalue weighted by Crippen LogP contribution is 2.32. The zero-order chi connectivity index (χ0) is 11.9. The van der Waals surface area contributed by atoms with E-state index in [4.69, 9.17) is 0 Å². The van der Waals surface area contributed by atoms with Crippen LogP contribution in [0.1, 0.15) is 26.3 Å². The monoisotopic (exact) mass is 221 g/mol. The van der Waals surface area contributed by atoms with E-state index in [1.165, 1.54) is 12.1 Å². The number of hydrogen-bond acceptors (Lipinski definition) is 1. The fraction of sp³-hybridized carbons (Fsp3) is 0.462. The van der Waals surface area contributed by atoms with E-state index < -0.39 is 5.41 Å². The number of rotatable bonds is 0. The van der Waals surface area contributed by atoms with E-state index in [0.29, 0.717) is 6.54 Å². The molecular formula is C13H16FNO. The summed E-state index contributed by atoms with van der Waals surface area (Å²) >= 11 is 0. The third-order valence-corrected chi connectivity index (χ3v) is 2.82. The van der Waals surface area contributed by atoms with Gasteiger partial charge in [-0.2, -0.15) is 0 Å². The van der Waals surface area contributed by atoms with E-state index in [1.807, 2.05) is 20.8 Å². The van der Waals surface area contributed by atoms with Crippen molar-refractivity contribution in [3.63, 3.8) is 0 Å². The number of nitrogens with zero attached hydrogens (tertiary/aromatic N) is 1. The van der Waals surface area contributed by atoms with Gasteiger partial charge in [-0.25, -0.2) is 4.39 Å². The van der Waals surface area contributed by atoms with Gasteiger partial charge in [0.2, 0.25) is 5.91 Å². The first-order valence-corrected chi connectivity index (χ1v) is 5.50. The average Bonchev–Trinajstić information content (AvgIpc) is 2.57. The van der Waals surface area contributed by atoms with Crippen molar-refractivity contribution in [3.05, 3.63) is 29.6 Å². The van der Waals surface area contributed by atoms with Crippen LogP contribution in [0.15, 0.2) is 18.2 Å². The second kappa shape index (κ2) is 3.58. The molecule has 86 valence electrons. The number of carbonyl (C=O) groups is 1. The summed E-state index contributed by atoms with van der Waals surface area (Å²) in [5.41, 5.74) is 1.40. The highest BCUT2D eigenvalue weighted by molar-refractivity contribution is 5.98. The lowest BCUT2D eigenvalue weighted by Gasteiger charge is -2.26. The van der Waals surface area contributed by atoms with Crippen LogP contribution in [0, 0.1) is 11.2 Å². The van der Waals surface area contributed by atoms with Crippen LogP contribution in [0.4, 0.5) is 10.1 Å². The van der Waals surface area contributed by atoms with E-state index >= 15 is 0 Å². The molecule has 0 saturated heterocycles. The lowest BCUT2D eigenvalue weighted by molar-refractivity contribution is -0.125. The Bertz CT molecular complexity index is 434. The predicted octanol–water partition coefficient (Wildman–Crippen LogP) is 2.76. The Balaban J connectivity index is 2.34. The maximum atomic E-state index is 13.0. The van der Waals surface area contributed by atoms with Crippen molar-refractivity contribution in [1.29, 1.82) is 0 Å². The topological polar surface area (TPSA) is 20.3 Å². The Labute approximate surface area is 95.1 Å². The molecule has 2 nitrogen and oxygen atoms in total. The van der Waals surface area contributed by atoms with Crippen LogP contribution in [0.2, 0.25) is 0 Å². The summed E-state index contributed by atoms with van der Waals surface area (Å²) in [5, 5.41) is 0. The number of carbonyl (C=O) groups excluding carboxylic acids is 1. The van der Waals surface area contributed by atoms with E-state index in [0.717, 1.165) is 17.7 Å². The number of benzene rings is 1. The second-order valence-electron chi connectivity index (χ2n) is 5.23. The van der Waals surface area contributed by atoms with Gasteiger partial charge < -0.3 is 4.90 Å². The second-order valence-corrected chi connectivity index (χ2v) is 5.23. The van der Waals surface area contributed by atoms with Gasteiger partial charge in [0.25, 0.3) is 0 Å². The quantitative estimate of drug-likeness (QED) is 0.659. The fourth-order valence-electron chi connectivity index (χ4n) is 1.99. The van der Waals surface area contributed by atoms with Gasteiger partial charge in [-0.1, -0.05) is 20.8 Å². The number of fused-ring (bicyclic) bond motifs is 1. The summed E-state index contributed by atoms with van der Waals surface area (Å²) in [6, 6.07) is 4.62. The van der Waals surface area contributed by atoms with Gasteiger partial charge in [-0.15, -0.1) is 0 Å². The Hall–Kier alpha value is -1.38. The molecule has 1 amide bonds. The van der Waals surface area contributed by atoms with Crippen LogP contribution in [-0.2, 0) is 11.2 Å². The van der Waals surface area contributed by atoms with E-state index in [1.54, 1.807) is 11.0 Å². The van der Waals surface area contributed by atoms with E-state index in [-0.39, 0.29) is 11.7 Å². The van der Waals surface area contributed by atoms with Gasteiger partial charge in [-0.05, 0) is 30.2 Å². The minimum absolute atomic E-state index is 0.0952. The van der Waals surface area contributed by atoms with Crippen molar-refractivity contribution in [2.24, 2.45) is 5.41 Å². The minimum Gasteiger partial charge on any atom is -0.311 e. The first-order valence-electron chi connectivity index (χ1n) is 5.50. The molecule has 1 aromatic carbocycles. The normalized spacial score (nSPS) is 15.1. The van der Waals surface area contributed by atoms with Gasteiger partial charge in [0.05, 0.1) is 0 Å². The molecule has 0 radical (unpaired) electrons. The molecule has 1 aliphatic heterocycles. The van der Waals surface area contributed by atoms with Crippen molar-refractivity contribution in [2.75, 3.05) is 11.4 Å². The summed E-state index contributed by atoms with van der Waals surface area (Å²) in [6.07, 6.45) is 0.745. The molecule has 0 N–H and O–H groups in total. The maximum absolute atomic E-state index is 13.0. The lowest BCUT2D eigenvalue weighted by atomic mass is 9.95. The highest BCUT2D eigenvalue weighted by Gasteiger charge is 2.32. The fourth-order valence-corrected chi connectivity index (χ4v) is 1.99. The van der Waals surface area contributed by atoms with Gasteiger partial charge in [0.15, 0.2) is 0 Å². The zero-order valence-corrected chi connectivity index (χ0v) is 9.88. The van der Waals surface area contributed by atoms with Crippen molar-refractivity contribution >= 4 is 11.6 Å². The highest BCUT2D eigenvalue weighted by atomic mass is 19.1. The molecule has 0 atom stereocenters. The smallest absolute Gasteiger partial charge is 0.232 e. The van der Waals surface area contributed by atoms with Gasteiger partial charge in [-0.3, -0.25) is 4.79 Å². The van der Waals surface area contributed by atoms with Crippen LogP contribution < -0.4 is 4.90 Å². The summed E-state index contributed by atoms with van der Waals surface area (Å²) < 4.78 is 13.0. The molecule has 2 rings (SSSR count). The summed E-state index contributed by atoms with van der Waals surface area (Å²) in [4.78, 5) is 13.9. The average molecular weight is 221 g/mol. The molecule has 0 bridgehead atoms. The molecule has 0 aliphatic carbocycles. The molecule has 0 aromatic heterocycles. The summed E-state index contributed by atoms with van der Waals surface area (Å²) in [7, 11) is 0. The van der Waals surface area contributed by atoms with Crippen molar-refractivity contribution in [3.8, 4) is 0 Å². The molecule has 1 aromatic rings. The molecule has 0 unspecified atom stereocenters. The van der Waals surface area contributed by atoms with Crippen molar-refractivity contribution in [1.82, 2.24) is 0 Å². The number of hydrogen-bond donors (Lipinski definition) is 0. The first-order chi connectivity index (χ1) is 7.39. The van der Waals surface area contributed by atoms with Crippen LogP contribution >= 0.6 is 0 Å². The molecule has 1 aliphatic rings. The molecule has 1 heterocycles. The maximum Gasteiger partial charge on any atom is 0.232 e. The lowest BCUT2D eigenvalue weighted by Crippen LogP contribution is -2.38. The van der Waals surface area contributed by atoms with Crippen LogP contribution in [0.3, 0.4) is 0 Å². The molecule has 0 spiro atoms. The Morgan fingerprint density at radius 2 is 2.06 bits per heavy atom. The molecule has 3 heteroatoms. The summed E-state index contributed by atoms with van der Waals surface area (Å²) in [5.74, 6) is -0.137. The molecule has 0 fully saturated rings. The number of anilines is 1. The third-order valence-electron chi connectivity index (χ3n) is 2.82. The van der Waals surface area contributed by atoms with Crippen LogP contribution in [0.25, 0.3) is 0 Å². The van der Waals surface area contributed by atoms with Crippen molar-refractivity contribution < 1.29 is 9.18 Å². The standard InChI is InChI=1S/C13H16FNO/c1-13(2,3)12(16)15-7-6-9-8-10(14)4-5-11(9)15/h4-5,8H,6-7H2,1-3H3. The first kappa shape index (κ1) is 11.1. The largest absolute Gasteiger partial charge is 0.311 e.